The summed E-state index contributed by atoms with van der Waals surface area (Å²) in [4.78, 5) is 16.5. The molecule has 1 unspecified atom stereocenters. The summed E-state index contributed by atoms with van der Waals surface area (Å²) in [6, 6.07) is 11.6. The number of rotatable bonds is 9. The first-order valence-electron chi connectivity index (χ1n) is 9.60. The third kappa shape index (κ3) is 7.72. The summed E-state index contributed by atoms with van der Waals surface area (Å²) in [6.07, 6.45) is 5.30. The molecule has 1 fully saturated rings. The Labute approximate surface area is 184 Å². The Hall–Kier alpha value is -2.02. The van der Waals surface area contributed by atoms with Crippen LogP contribution in [0.4, 0.5) is 0 Å². The van der Waals surface area contributed by atoms with E-state index in [-0.39, 0.29) is 36.8 Å². The molecule has 1 aromatic heterocycles. The molecule has 160 valence electrons. The molecular weight excluding hydrogens is 413 g/mol. The number of carbonyl (C=O) groups excluding carboxylic acids is 1. The van der Waals surface area contributed by atoms with Gasteiger partial charge in [0.25, 0.3) is 0 Å². The Balaban J connectivity index is 0.00000210. The Morgan fingerprint density at radius 1 is 1.21 bits per heavy atom. The Morgan fingerprint density at radius 3 is 2.72 bits per heavy atom. The molecular formula is C21H29Cl2N3O3. The molecule has 0 saturated carbocycles. The van der Waals surface area contributed by atoms with E-state index in [9.17, 15) is 4.79 Å². The zero-order valence-corrected chi connectivity index (χ0v) is 18.2. The molecule has 2 N–H and O–H groups in total. The number of hydrogen-bond donors (Lipinski definition) is 2. The van der Waals surface area contributed by atoms with Crippen LogP contribution in [0.1, 0.15) is 38.2 Å². The molecule has 1 aliphatic rings. The average molecular weight is 442 g/mol. The van der Waals surface area contributed by atoms with Gasteiger partial charge in [-0.3, -0.25) is 4.79 Å². The molecule has 0 spiro atoms. The van der Waals surface area contributed by atoms with Crippen LogP contribution in [0.25, 0.3) is 0 Å². The van der Waals surface area contributed by atoms with Crippen molar-refractivity contribution in [3.05, 3.63) is 48.2 Å². The minimum absolute atomic E-state index is 0. The van der Waals surface area contributed by atoms with Crippen LogP contribution in [0.5, 0.6) is 17.4 Å². The van der Waals surface area contributed by atoms with E-state index in [4.69, 9.17) is 9.47 Å². The van der Waals surface area contributed by atoms with Crippen molar-refractivity contribution in [2.45, 2.75) is 45.2 Å². The number of para-hydroxylation sites is 2. The van der Waals surface area contributed by atoms with E-state index in [0.717, 1.165) is 31.4 Å². The summed E-state index contributed by atoms with van der Waals surface area (Å²) < 4.78 is 11.7. The van der Waals surface area contributed by atoms with Gasteiger partial charge in [-0.2, -0.15) is 0 Å². The van der Waals surface area contributed by atoms with Gasteiger partial charge in [0.15, 0.2) is 11.5 Å². The van der Waals surface area contributed by atoms with Gasteiger partial charge in [0.05, 0.1) is 6.61 Å². The molecule has 1 aromatic carbocycles. The van der Waals surface area contributed by atoms with Crippen molar-refractivity contribution in [3.8, 4) is 17.4 Å². The van der Waals surface area contributed by atoms with Gasteiger partial charge in [-0.15, -0.1) is 24.8 Å². The first-order chi connectivity index (χ1) is 13.3. The Kier molecular flexibility index (Phi) is 11.4. The molecule has 6 nitrogen and oxygen atoms in total. The zero-order valence-electron chi connectivity index (χ0n) is 16.6. The topological polar surface area (TPSA) is 72.5 Å². The van der Waals surface area contributed by atoms with Gasteiger partial charge < -0.3 is 20.1 Å². The highest BCUT2D eigenvalue weighted by molar-refractivity contribution is 5.85. The minimum atomic E-state index is 0. The van der Waals surface area contributed by atoms with Gasteiger partial charge in [0.1, 0.15) is 0 Å². The summed E-state index contributed by atoms with van der Waals surface area (Å²) in [5, 5.41) is 6.31. The van der Waals surface area contributed by atoms with Crippen molar-refractivity contribution < 1.29 is 14.3 Å². The van der Waals surface area contributed by atoms with Crippen molar-refractivity contribution >= 4 is 30.7 Å². The highest BCUT2D eigenvalue weighted by Gasteiger charge is 2.18. The fourth-order valence-electron chi connectivity index (χ4n) is 3.04. The minimum Gasteiger partial charge on any atom is -0.490 e. The number of nitrogens with zero attached hydrogens (tertiary/aromatic N) is 1. The zero-order chi connectivity index (χ0) is 18.9. The van der Waals surface area contributed by atoms with Crippen LogP contribution in [-0.4, -0.2) is 30.1 Å². The average Bonchev–Trinajstić information content (AvgIpc) is 3.19. The predicted molar refractivity (Wildman–Crippen MR) is 119 cm³/mol. The van der Waals surface area contributed by atoms with Crippen LogP contribution in [0, 0.1) is 0 Å². The maximum Gasteiger partial charge on any atom is 0.224 e. The smallest absolute Gasteiger partial charge is 0.224 e. The van der Waals surface area contributed by atoms with E-state index in [0.29, 0.717) is 37.0 Å². The SMILES string of the molecule is CCCOc1ccccc1Oc1ncccc1CNC(=O)CC1CCCN1.Cl.Cl. The molecule has 3 rings (SSSR count). The van der Waals surface area contributed by atoms with Crippen LogP contribution in [0.3, 0.4) is 0 Å². The van der Waals surface area contributed by atoms with E-state index in [1.165, 1.54) is 0 Å². The van der Waals surface area contributed by atoms with E-state index in [2.05, 4.69) is 22.5 Å². The predicted octanol–water partition coefficient (Wildman–Crippen LogP) is 4.26. The first-order valence-corrected chi connectivity index (χ1v) is 9.60. The van der Waals surface area contributed by atoms with Crippen molar-refractivity contribution in [3.63, 3.8) is 0 Å². The van der Waals surface area contributed by atoms with Crippen molar-refractivity contribution in [1.82, 2.24) is 15.6 Å². The number of amides is 1. The first kappa shape index (κ1) is 25.0. The van der Waals surface area contributed by atoms with Gasteiger partial charge >= 0.3 is 0 Å². The summed E-state index contributed by atoms with van der Waals surface area (Å²) in [5.74, 6) is 1.82. The maximum atomic E-state index is 12.2. The highest BCUT2D eigenvalue weighted by Crippen LogP contribution is 2.31. The number of pyridine rings is 1. The third-order valence-corrected chi connectivity index (χ3v) is 4.44. The number of halogens is 2. The summed E-state index contributed by atoms with van der Waals surface area (Å²) in [6.45, 7) is 4.07. The molecule has 1 aliphatic heterocycles. The number of benzene rings is 1. The van der Waals surface area contributed by atoms with Crippen LogP contribution < -0.4 is 20.1 Å². The van der Waals surface area contributed by atoms with Gasteiger partial charge in [-0.25, -0.2) is 4.98 Å². The Morgan fingerprint density at radius 2 is 2.00 bits per heavy atom. The molecule has 2 aromatic rings. The lowest BCUT2D eigenvalue weighted by Gasteiger charge is -2.14. The normalized spacial score (nSPS) is 15.0. The van der Waals surface area contributed by atoms with Crippen LogP contribution in [-0.2, 0) is 11.3 Å². The van der Waals surface area contributed by atoms with Gasteiger partial charge in [0.2, 0.25) is 11.8 Å². The van der Waals surface area contributed by atoms with E-state index in [1.54, 1.807) is 6.20 Å². The van der Waals surface area contributed by atoms with E-state index in [1.807, 2.05) is 36.4 Å². The maximum absolute atomic E-state index is 12.2. The molecule has 1 saturated heterocycles. The number of ether oxygens (including phenoxy) is 2. The quantitative estimate of drug-likeness (QED) is 0.607. The number of hydrogen-bond acceptors (Lipinski definition) is 5. The van der Waals surface area contributed by atoms with Gasteiger partial charge in [-0.1, -0.05) is 25.1 Å². The number of aromatic nitrogens is 1. The fourth-order valence-corrected chi connectivity index (χ4v) is 3.04. The highest BCUT2D eigenvalue weighted by atomic mass is 35.5. The fraction of sp³-hybridized carbons (Fsp3) is 0.429. The van der Waals surface area contributed by atoms with Gasteiger partial charge in [0, 0.05) is 30.8 Å². The van der Waals surface area contributed by atoms with E-state index >= 15 is 0 Å². The molecule has 1 atom stereocenters. The summed E-state index contributed by atoms with van der Waals surface area (Å²) >= 11 is 0. The molecule has 0 bridgehead atoms. The lowest BCUT2D eigenvalue weighted by atomic mass is 10.1. The monoisotopic (exact) mass is 441 g/mol. The van der Waals surface area contributed by atoms with Crippen LogP contribution in [0.15, 0.2) is 42.6 Å². The third-order valence-electron chi connectivity index (χ3n) is 4.44. The molecule has 2 heterocycles. The second-order valence-corrected chi connectivity index (χ2v) is 6.64. The molecule has 0 radical (unpaired) electrons. The molecule has 0 aliphatic carbocycles. The van der Waals surface area contributed by atoms with Crippen molar-refractivity contribution in [2.75, 3.05) is 13.2 Å². The molecule has 8 heteroatoms. The Bertz CT molecular complexity index is 755. The van der Waals surface area contributed by atoms with E-state index < -0.39 is 0 Å². The number of nitrogens with one attached hydrogen (secondary N) is 2. The largest absolute Gasteiger partial charge is 0.490 e. The lowest BCUT2D eigenvalue weighted by Crippen LogP contribution is -2.31. The molecule has 29 heavy (non-hydrogen) atoms. The molecule has 1 amide bonds. The second kappa shape index (κ2) is 13.2. The van der Waals surface area contributed by atoms with Gasteiger partial charge in [-0.05, 0) is 44.0 Å². The van der Waals surface area contributed by atoms with Crippen molar-refractivity contribution in [2.24, 2.45) is 0 Å². The standard InChI is InChI=1S/C21H27N3O3.2ClH/c1-2-13-26-18-9-3-4-10-19(18)27-21-16(7-5-12-23-21)15-24-20(25)14-17-8-6-11-22-17;;/h3-5,7,9-10,12,17,22H,2,6,8,11,13-15H2,1H3,(H,24,25);2*1H. The van der Waals surface area contributed by atoms with Crippen molar-refractivity contribution in [1.29, 1.82) is 0 Å². The number of carbonyl (C=O) groups is 1. The van der Waals surface area contributed by atoms with Crippen LogP contribution in [0.2, 0.25) is 0 Å². The lowest BCUT2D eigenvalue weighted by molar-refractivity contribution is -0.121. The second-order valence-electron chi connectivity index (χ2n) is 6.64. The van der Waals surface area contributed by atoms with Crippen LogP contribution >= 0.6 is 24.8 Å². The summed E-state index contributed by atoms with van der Waals surface area (Å²) in [7, 11) is 0. The summed E-state index contributed by atoms with van der Waals surface area (Å²) in [5.41, 5.74) is 0.829.